The first-order chi connectivity index (χ1) is 5.36. The molecule has 0 amide bonds. The van der Waals surface area contributed by atoms with Crippen molar-refractivity contribution in [1.82, 2.24) is 0 Å². The fourth-order valence-corrected chi connectivity index (χ4v) is 1.21. The molecule has 1 nitrogen and oxygen atoms in total. The summed E-state index contributed by atoms with van der Waals surface area (Å²) in [7, 11) is 0. The number of anilines is 1. The number of benzene rings is 2. The molecule has 2 rings (SSSR count). The van der Waals surface area contributed by atoms with Gasteiger partial charge in [-0.25, -0.2) is 0 Å². The number of hydrogen-bond acceptors (Lipinski definition) is 1. The van der Waals surface area contributed by atoms with Gasteiger partial charge in [0.2, 0.25) is 0 Å². The number of hydrogen-bond donors (Lipinski definition) is 1. The Hall–Kier alpha value is -1.50. The summed E-state index contributed by atoms with van der Waals surface area (Å²) >= 11 is 0. The standard InChI is InChI=1S/C10H9N/c11-10-6-5-8-3-1-2-4-9(8)7-10/h1-7H,11H2/i5+1,6+1,7+1,8+1,9+1,10+1. The molecule has 1 heteroatoms. The summed E-state index contributed by atoms with van der Waals surface area (Å²) in [6.45, 7) is 0. The summed E-state index contributed by atoms with van der Waals surface area (Å²) in [5, 5.41) is 2.44. The molecule has 0 aliphatic carbocycles. The Morgan fingerprint density at radius 1 is 0.818 bits per heavy atom. The minimum atomic E-state index is 0.823. The lowest BCUT2D eigenvalue weighted by atomic mass is 10.5. The SMILES string of the molecule is N[13c]1[13cH][13cH][13c]2cccc[13c]2[13cH]1. The van der Waals surface area contributed by atoms with Crippen LogP contribution in [0.5, 0.6) is 0 Å². The molecule has 0 radical (unpaired) electrons. The first-order valence-electron chi connectivity index (χ1n) is 3.60. The van der Waals surface area contributed by atoms with Gasteiger partial charge in [0, 0.05) is 5.69 Å². The minimum Gasteiger partial charge on any atom is -0.399 e. The summed E-state index contributed by atoms with van der Waals surface area (Å²) in [6.07, 6.45) is 0. The molecule has 2 N–H and O–H groups in total. The Bertz CT molecular complexity index is 379. The van der Waals surface area contributed by atoms with Crippen LogP contribution in [0.15, 0.2) is 42.5 Å². The zero-order valence-corrected chi connectivity index (χ0v) is 6.12. The predicted octanol–water partition coefficient (Wildman–Crippen LogP) is 2.42. The summed E-state index contributed by atoms with van der Waals surface area (Å²) in [5.74, 6) is 0. The fourth-order valence-electron chi connectivity index (χ4n) is 1.21. The van der Waals surface area contributed by atoms with E-state index in [9.17, 15) is 0 Å². The number of rotatable bonds is 0. The van der Waals surface area contributed by atoms with E-state index in [2.05, 4.69) is 12.1 Å². The second-order valence-electron chi connectivity index (χ2n) is 2.61. The van der Waals surface area contributed by atoms with Crippen molar-refractivity contribution >= 4 is 16.5 Å². The van der Waals surface area contributed by atoms with Gasteiger partial charge in [-0.05, 0) is 22.9 Å². The Balaban J connectivity index is 2.83. The van der Waals surface area contributed by atoms with Crippen LogP contribution in [0.1, 0.15) is 0 Å². The van der Waals surface area contributed by atoms with Crippen molar-refractivity contribution in [1.29, 1.82) is 0 Å². The molecule has 0 heterocycles. The van der Waals surface area contributed by atoms with E-state index >= 15 is 0 Å². The minimum absolute atomic E-state index is 0.823. The van der Waals surface area contributed by atoms with Crippen molar-refractivity contribution in [2.24, 2.45) is 0 Å². The molecule has 0 saturated heterocycles. The van der Waals surface area contributed by atoms with Crippen LogP contribution in [0, 0.1) is 0 Å². The van der Waals surface area contributed by atoms with E-state index < -0.39 is 0 Å². The van der Waals surface area contributed by atoms with Gasteiger partial charge in [-0.3, -0.25) is 0 Å². The first kappa shape index (κ1) is 6.23. The molecule has 0 aliphatic heterocycles. The van der Waals surface area contributed by atoms with E-state index in [1.165, 1.54) is 10.8 Å². The second-order valence-corrected chi connectivity index (χ2v) is 2.61. The Morgan fingerprint density at radius 2 is 1.55 bits per heavy atom. The zero-order valence-electron chi connectivity index (χ0n) is 6.12. The third kappa shape index (κ3) is 1.05. The van der Waals surface area contributed by atoms with Gasteiger partial charge in [0.05, 0.1) is 0 Å². The molecule has 11 heavy (non-hydrogen) atoms. The maximum absolute atomic E-state index is 5.62. The first-order valence-corrected chi connectivity index (χ1v) is 3.60. The van der Waals surface area contributed by atoms with E-state index in [0.717, 1.165) is 5.69 Å². The van der Waals surface area contributed by atoms with Crippen molar-refractivity contribution in [2.75, 3.05) is 5.73 Å². The van der Waals surface area contributed by atoms with Crippen LogP contribution in [0.25, 0.3) is 10.8 Å². The maximum atomic E-state index is 5.62. The van der Waals surface area contributed by atoms with Crippen molar-refractivity contribution in [3.8, 4) is 0 Å². The molecule has 0 saturated carbocycles. The molecule has 2 aromatic carbocycles. The predicted molar refractivity (Wildman–Crippen MR) is 48.4 cm³/mol. The summed E-state index contributed by atoms with van der Waals surface area (Å²) in [4.78, 5) is 0. The highest BCUT2D eigenvalue weighted by Crippen LogP contribution is 2.15. The maximum Gasteiger partial charge on any atom is 0.0320 e. The normalized spacial score (nSPS) is 10.2. The lowest BCUT2D eigenvalue weighted by Gasteiger charge is -1.96. The monoisotopic (exact) mass is 149 g/mol. The lowest BCUT2D eigenvalue weighted by Crippen LogP contribution is -1.82. The topological polar surface area (TPSA) is 26.0 Å². The van der Waals surface area contributed by atoms with Gasteiger partial charge in [0.1, 0.15) is 0 Å². The third-order valence-electron chi connectivity index (χ3n) is 1.77. The number of fused-ring (bicyclic) bond motifs is 1. The van der Waals surface area contributed by atoms with Crippen molar-refractivity contribution in [2.45, 2.75) is 0 Å². The van der Waals surface area contributed by atoms with E-state index in [0.29, 0.717) is 0 Å². The second kappa shape index (κ2) is 2.27. The Morgan fingerprint density at radius 3 is 2.36 bits per heavy atom. The number of nitrogen functional groups attached to an aromatic ring is 1. The quantitative estimate of drug-likeness (QED) is 0.572. The average molecular weight is 149 g/mol. The molecule has 0 unspecified atom stereocenters. The van der Waals surface area contributed by atoms with Crippen LogP contribution in [0.2, 0.25) is 0 Å². The van der Waals surface area contributed by atoms with Crippen LogP contribution < -0.4 is 5.73 Å². The Labute approximate surface area is 65.5 Å². The smallest absolute Gasteiger partial charge is 0.0320 e. The van der Waals surface area contributed by atoms with Gasteiger partial charge in [-0.2, -0.15) is 0 Å². The van der Waals surface area contributed by atoms with Gasteiger partial charge >= 0.3 is 0 Å². The molecule has 0 spiro atoms. The van der Waals surface area contributed by atoms with E-state index in [1.54, 1.807) is 0 Å². The van der Waals surface area contributed by atoms with Crippen LogP contribution >= 0.6 is 0 Å². The molecule has 54 valence electrons. The zero-order chi connectivity index (χ0) is 7.68. The molecular formula is C10H9N. The van der Waals surface area contributed by atoms with Gasteiger partial charge in [-0.15, -0.1) is 0 Å². The largest absolute Gasteiger partial charge is 0.399 e. The lowest BCUT2D eigenvalue weighted by molar-refractivity contribution is 1.73. The highest BCUT2D eigenvalue weighted by Gasteiger charge is 1.89. The Kier molecular flexibility index (Phi) is 1.29. The summed E-state index contributed by atoms with van der Waals surface area (Å²) < 4.78 is 0. The average Bonchev–Trinajstić information content (AvgIpc) is 2.04. The fraction of sp³-hybridized carbons (Fsp3) is 0. The van der Waals surface area contributed by atoms with Crippen molar-refractivity contribution in [3.63, 3.8) is 0 Å². The highest BCUT2D eigenvalue weighted by atomic mass is 15.0. The third-order valence-corrected chi connectivity index (χ3v) is 1.77. The van der Waals surface area contributed by atoms with Gasteiger partial charge in [0.25, 0.3) is 0 Å². The van der Waals surface area contributed by atoms with Gasteiger partial charge in [0.15, 0.2) is 0 Å². The summed E-state index contributed by atoms with van der Waals surface area (Å²) in [5.41, 5.74) is 6.45. The summed E-state index contributed by atoms with van der Waals surface area (Å²) in [6, 6.07) is 14.1. The molecule has 0 bridgehead atoms. The van der Waals surface area contributed by atoms with Crippen LogP contribution in [0.3, 0.4) is 0 Å². The molecule has 2 aromatic rings. The van der Waals surface area contributed by atoms with Crippen LogP contribution in [-0.4, -0.2) is 0 Å². The highest BCUT2D eigenvalue weighted by molar-refractivity contribution is 5.85. The molecule has 0 aliphatic rings. The van der Waals surface area contributed by atoms with Crippen LogP contribution in [-0.2, 0) is 0 Å². The molecule has 0 aromatic heterocycles. The van der Waals surface area contributed by atoms with Crippen LogP contribution in [0.4, 0.5) is 5.69 Å². The molecule has 0 atom stereocenters. The van der Waals surface area contributed by atoms with Crippen molar-refractivity contribution < 1.29 is 0 Å². The molecule has 0 fully saturated rings. The van der Waals surface area contributed by atoms with E-state index in [-0.39, 0.29) is 0 Å². The van der Waals surface area contributed by atoms with Gasteiger partial charge in [-0.1, -0.05) is 30.3 Å². The number of nitrogens with two attached hydrogens (primary N) is 1. The van der Waals surface area contributed by atoms with Gasteiger partial charge < -0.3 is 5.73 Å². The molecular weight excluding hydrogens is 140 g/mol. The van der Waals surface area contributed by atoms with E-state index in [1.807, 2.05) is 30.3 Å². The van der Waals surface area contributed by atoms with Crippen molar-refractivity contribution in [3.05, 3.63) is 42.5 Å². The van der Waals surface area contributed by atoms with E-state index in [4.69, 9.17) is 5.73 Å².